The van der Waals surface area contributed by atoms with Gasteiger partial charge in [0.15, 0.2) is 0 Å². The molecule has 0 atom stereocenters. The summed E-state index contributed by atoms with van der Waals surface area (Å²) in [5.41, 5.74) is 5.88. The summed E-state index contributed by atoms with van der Waals surface area (Å²) >= 11 is 0. The van der Waals surface area contributed by atoms with Crippen molar-refractivity contribution in [3.05, 3.63) is 60.8 Å². The van der Waals surface area contributed by atoms with Crippen molar-refractivity contribution in [3.63, 3.8) is 0 Å². The summed E-state index contributed by atoms with van der Waals surface area (Å²) in [6.07, 6.45) is 6.56. The molecule has 190 valence electrons. The molecule has 5 aromatic rings. The number of carbonyl (C=O) groups is 1. The van der Waals surface area contributed by atoms with Gasteiger partial charge >= 0.3 is 6.09 Å². The molecular formula is C27H29N7O3. The van der Waals surface area contributed by atoms with E-state index in [1.807, 2.05) is 77.6 Å². The summed E-state index contributed by atoms with van der Waals surface area (Å²) in [7, 11) is 5.36. The lowest BCUT2D eigenvalue weighted by atomic mass is 10.1. The van der Waals surface area contributed by atoms with Crippen LogP contribution in [0.2, 0.25) is 0 Å². The van der Waals surface area contributed by atoms with Gasteiger partial charge in [0.05, 0.1) is 42.0 Å². The summed E-state index contributed by atoms with van der Waals surface area (Å²) < 4.78 is 16.3. The van der Waals surface area contributed by atoms with Crippen LogP contribution in [0.25, 0.3) is 33.3 Å². The first kappa shape index (κ1) is 24.1. The smallest absolute Gasteiger partial charge is 0.419 e. The maximum Gasteiger partial charge on any atom is 0.419 e. The molecule has 0 saturated carbocycles. The van der Waals surface area contributed by atoms with Crippen molar-refractivity contribution in [2.45, 2.75) is 26.9 Å². The molecule has 0 aliphatic carbocycles. The Morgan fingerprint density at radius 1 is 1.03 bits per heavy atom. The Balaban J connectivity index is 1.55. The molecule has 10 nitrogen and oxygen atoms in total. The zero-order valence-corrected chi connectivity index (χ0v) is 21.7. The minimum atomic E-state index is -0.463. The monoisotopic (exact) mass is 499 g/mol. The zero-order chi connectivity index (χ0) is 26.3. The van der Waals surface area contributed by atoms with Gasteiger partial charge in [-0.3, -0.25) is 9.36 Å². The Labute approximate surface area is 214 Å². The number of anilines is 2. The summed E-state index contributed by atoms with van der Waals surface area (Å²) in [4.78, 5) is 17.7. The van der Waals surface area contributed by atoms with Crippen molar-refractivity contribution in [1.82, 2.24) is 29.1 Å². The lowest BCUT2D eigenvalue weighted by Crippen LogP contribution is -2.18. The standard InChI is InChI=1S/C27H29N7O3/c1-16(2)37-27(35)34-23(20-13-29-32(4)14-20)9-19-12-28-26(11-24(19)34)30-22-8-7-18(10-25(22)36-6)21-15-33(5)31-17(21)3/h7-16H,1-6H3,(H,28,30). The van der Waals surface area contributed by atoms with Crippen LogP contribution in [0.4, 0.5) is 16.3 Å². The van der Waals surface area contributed by atoms with E-state index in [1.165, 1.54) is 0 Å². The van der Waals surface area contributed by atoms with Crippen LogP contribution in [-0.4, -0.2) is 48.4 Å². The number of methoxy groups -OCH3 is 1. The van der Waals surface area contributed by atoms with Crippen molar-refractivity contribution in [3.8, 4) is 28.1 Å². The Kier molecular flexibility index (Phi) is 6.16. The molecule has 0 bridgehead atoms. The van der Waals surface area contributed by atoms with E-state index in [9.17, 15) is 4.79 Å². The SMILES string of the molecule is COc1cc(-c2cn(C)nc2C)ccc1Nc1cc2c(cn1)cc(-c1cnn(C)c1)n2C(=O)OC(C)C. The zero-order valence-electron chi connectivity index (χ0n) is 21.7. The van der Waals surface area contributed by atoms with Gasteiger partial charge < -0.3 is 14.8 Å². The lowest BCUT2D eigenvalue weighted by molar-refractivity contribution is 0.118. The van der Waals surface area contributed by atoms with Crippen LogP contribution in [0.5, 0.6) is 5.75 Å². The van der Waals surface area contributed by atoms with E-state index in [1.54, 1.807) is 33.4 Å². The third-order valence-electron chi connectivity index (χ3n) is 5.99. The van der Waals surface area contributed by atoms with Crippen LogP contribution in [0.15, 0.2) is 55.1 Å². The fourth-order valence-corrected chi connectivity index (χ4v) is 4.37. The van der Waals surface area contributed by atoms with Gasteiger partial charge in [0, 0.05) is 55.3 Å². The number of nitrogens with one attached hydrogen (secondary N) is 1. The third kappa shape index (κ3) is 4.65. The Morgan fingerprint density at radius 2 is 1.84 bits per heavy atom. The molecule has 37 heavy (non-hydrogen) atoms. The van der Waals surface area contributed by atoms with Gasteiger partial charge in [-0.1, -0.05) is 6.07 Å². The average molecular weight is 500 g/mol. The average Bonchev–Trinajstić information content (AvgIpc) is 3.54. The van der Waals surface area contributed by atoms with Gasteiger partial charge in [-0.05, 0) is 44.5 Å². The number of rotatable bonds is 6. The highest BCUT2D eigenvalue weighted by Gasteiger charge is 2.21. The molecule has 4 heterocycles. The van der Waals surface area contributed by atoms with Crippen LogP contribution in [0.3, 0.4) is 0 Å². The normalized spacial score (nSPS) is 11.3. The third-order valence-corrected chi connectivity index (χ3v) is 5.99. The van der Waals surface area contributed by atoms with E-state index >= 15 is 0 Å². The van der Waals surface area contributed by atoms with Crippen LogP contribution >= 0.6 is 0 Å². The number of nitrogens with zero attached hydrogens (tertiary/aromatic N) is 6. The summed E-state index contributed by atoms with van der Waals surface area (Å²) in [6, 6.07) is 9.66. The van der Waals surface area contributed by atoms with Crippen molar-refractivity contribution < 1.29 is 14.3 Å². The number of aromatic nitrogens is 6. The van der Waals surface area contributed by atoms with Crippen molar-refractivity contribution in [1.29, 1.82) is 0 Å². The van der Waals surface area contributed by atoms with E-state index in [0.717, 1.165) is 33.5 Å². The molecule has 0 saturated heterocycles. The molecule has 1 aromatic carbocycles. The Bertz CT molecular complexity index is 1610. The minimum absolute atomic E-state index is 0.266. The molecule has 10 heteroatoms. The van der Waals surface area contributed by atoms with Gasteiger partial charge in [0.1, 0.15) is 11.6 Å². The molecule has 0 unspecified atom stereocenters. The first-order chi connectivity index (χ1) is 17.7. The van der Waals surface area contributed by atoms with Gasteiger partial charge in [0.25, 0.3) is 0 Å². The molecule has 5 rings (SSSR count). The van der Waals surface area contributed by atoms with Gasteiger partial charge in [0.2, 0.25) is 0 Å². The number of aryl methyl sites for hydroxylation is 3. The van der Waals surface area contributed by atoms with Crippen molar-refractivity contribution in [2.24, 2.45) is 14.1 Å². The number of carbonyl (C=O) groups excluding carboxylic acids is 1. The summed E-state index contributed by atoms with van der Waals surface area (Å²) in [5.74, 6) is 1.22. The maximum absolute atomic E-state index is 13.1. The highest BCUT2D eigenvalue weighted by atomic mass is 16.6. The second-order valence-electron chi connectivity index (χ2n) is 9.17. The van der Waals surface area contributed by atoms with E-state index < -0.39 is 6.09 Å². The van der Waals surface area contributed by atoms with E-state index in [2.05, 4.69) is 20.5 Å². The minimum Gasteiger partial charge on any atom is -0.495 e. The number of fused-ring (bicyclic) bond motifs is 1. The van der Waals surface area contributed by atoms with Gasteiger partial charge in [-0.15, -0.1) is 0 Å². The second kappa shape index (κ2) is 9.45. The second-order valence-corrected chi connectivity index (χ2v) is 9.17. The molecule has 0 fully saturated rings. The van der Waals surface area contributed by atoms with Crippen LogP contribution < -0.4 is 10.1 Å². The van der Waals surface area contributed by atoms with Crippen molar-refractivity contribution >= 4 is 28.5 Å². The predicted octanol–water partition coefficient (Wildman–Crippen LogP) is 5.29. The van der Waals surface area contributed by atoms with Crippen LogP contribution in [0, 0.1) is 6.92 Å². The first-order valence-electron chi connectivity index (χ1n) is 11.9. The van der Waals surface area contributed by atoms with Crippen LogP contribution in [0.1, 0.15) is 19.5 Å². The topological polar surface area (TPSA) is 101 Å². The number of hydrogen-bond donors (Lipinski definition) is 1. The fourth-order valence-electron chi connectivity index (χ4n) is 4.37. The van der Waals surface area contributed by atoms with E-state index in [0.29, 0.717) is 22.8 Å². The maximum atomic E-state index is 13.1. The molecule has 0 radical (unpaired) electrons. The van der Waals surface area contributed by atoms with Gasteiger partial charge in [-0.2, -0.15) is 10.2 Å². The molecule has 4 aromatic heterocycles. The van der Waals surface area contributed by atoms with Crippen molar-refractivity contribution in [2.75, 3.05) is 12.4 Å². The Hall–Kier alpha value is -4.60. The highest BCUT2D eigenvalue weighted by Crippen LogP contribution is 2.35. The number of benzene rings is 1. The lowest BCUT2D eigenvalue weighted by Gasteiger charge is -2.14. The number of ether oxygens (including phenoxy) is 2. The Morgan fingerprint density at radius 3 is 2.49 bits per heavy atom. The summed E-state index contributed by atoms with van der Waals surface area (Å²) in [6.45, 7) is 5.63. The predicted molar refractivity (Wildman–Crippen MR) is 142 cm³/mol. The largest absolute Gasteiger partial charge is 0.495 e. The molecule has 1 N–H and O–H groups in total. The molecule has 0 amide bonds. The summed E-state index contributed by atoms with van der Waals surface area (Å²) in [5, 5.41) is 12.8. The van der Waals surface area contributed by atoms with E-state index in [-0.39, 0.29) is 6.10 Å². The fraction of sp³-hybridized carbons (Fsp3) is 0.259. The quantitative estimate of drug-likeness (QED) is 0.339. The first-order valence-corrected chi connectivity index (χ1v) is 11.9. The number of pyridine rings is 1. The van der Waals surface area contributed by atoms with E-state index in [4.69, 9.17) is 9.47 Å². The highest BCUT2D eigenvalue weighted by molar-refractivity contribution is 5.97. The molecule has 0 aliphatic rings. The molecule has 0 spiro atoms. The van der Waals surface area contributed by atoms with Gasteiger partial charge in [-0.25, -0.2) is 14.3 Å². The molecular weight excluding hydrogens is 470 g/mol. The number of hydrogen-bond acceptors (Lipinski definition) is 7. The molecule has 0 aliphatic heterocycles. The van der Waals surface area contributed by atoms with Crippen LogP contribution in [-0.2, 0) is 18.8 Å².